The van der Waals surface area contributed by atoms with Crippen LogP contribution in [0.4, 0.5) is 5.82 Å². The lowest BCUT2D eigenvalue weighted by Crippen LogP contribution is -2.51. The van der Waals surface area contributed by atoms with Crippen molar-refractivity contribution in [2.24, 2.45) is 0 Å². The van der Waals surface area contributed by atoms with Crippen LogP contribution in [0.1, 0.15) is 36.5 Å². The van der Waals surface area contributed by atoms with Gasteiger partial charge in [0.25, 0.3) is 5.91 Å². The monoisotopic (exact) mass is 275 g/mol. The van der Waals surface area contributed by atoms with Crippen LogP contribution in [0.2, 0.25) is 0 Å². The number of pyridine rings is 1. The van der Waals surface area contributed by atoms with E-state index in [9.17, 15) is 4.79 Å². The molecule has 5 nitrogen and oxygen atoms in total. The van der Waals surface area contributed by atoms with Gasteiger partial charge in [-0.3, -0.25) is 4.79 Å². The molecule has 2 aliphatic rings. The van der Waals surface area contributed by atoms with Crippen molar-refractivity contribution in [3.05, 3.63) is 23.9 Å². The molecular formula is C15H21N3O2. The summed E-state index contributed by atoms with van der Waals surface area (Å²) >= 11 is 0. The average molecular weight is 275 g/mol. The summed E-state index contributed by atoms with van der Waals surface area (Å²) < 4.78 is 5.76. The molecule has 1 saturated carbocycles. The molecule has 2 heterocycles. The number of amides is 1. The lowest BCUT2D eigenvalue weighted by molar-refractivity contribution is -0.0445. The highest BCUT2D eigenvalue weighted by atomic mass is 16.5. The first kappa shape index (κ1) is 13.4. The fraction of sp³-hybridized carbons (Fsp3) is 0.600. The number of nitrogens with one attached hydrogen (secondary N) is 1. The van der Waals surface area contributed by atoms with Gasteiger partial charge in [0.2, 0.25) is 0 Å². The van der Waals surface area contributed by atoms with Gasteiger partial charge in [0.05, 0.1) is 18.8 Å². The summed E-state index contributed by atoms with van der Waals surface area (Å²) in [6.45, 7) is 4.16. The van der Waals surface area contributed by atoms with Gasteiger partial charge in [-0.05, 0) is 38.3 Å². The smallest absolute Gasteiger partial charge is 0.254 e. The van der Waals surface area contributed by atoms with Gasteiger partial charge < -0.3 is 15.0 Å². The van der Waals surface area contributed by atoms with Crippen LogP contribution in [0.5, 0.6) is 0 Å². The van der Waals surface area contributed by atoms with E-state index in [0.29, 0.717) is 18.7 Å². The lowest BCUT2D eigenvalue weighted by Gasteiger charge is -2.37. The summed E-state index contributed by atoms with van der Waals surface area (Å²) in [6.07, 6.45) is 5.22. The van der Waals surface area contributed by atoms with Crippen LogP contribution in [0, 0.1) is 0 Å². The molecule has 1 N–H and O–H groups in total. The van der Waals surface area contributed by atoms with Crippen molar-refractivity contribution in [2.75, 3.05) is 25.0 Å². The molecule has 20 heavy (non-hydrogen) atoms. The van der Waals surface area contributed by atoms with Gasteiger partial charge in [0.15, 0.2) is 0 Å². The summed E-state index contributed by atoms with van der Waals surface area (Å²) in [5.74, 6) is 0.862. The third-order valence-corrected chi connectivity index (χ3v) is 4.11. The number of aromatic nitrogens is 1. The Labute approximate surface area is 119 Å². The second kappa shape index (κ2) is 5.79. The maximum Gasteiger partial charge on any atom is 0.254 e. The number of hydrogen-bond acceptors (Lipinski definition) is 4. The minimum Gasteiger partial charge on any atom is -0.374 e. The fourth-order valence-corrected chi connectivity index (χ4v) is 3.18. The molecule has 108 valence electrons. The summed E-state index contributed by atoms with van der Waals surface area (Å²) in [4.78, 5) is 18.9. The lowest BCUT2D eigenvalue weighted by atomic mass is 10.1. The number of nitrogens with zero attached hydrogens (tertiary/aromatic N) is 2. The van der Waals surface area contributed by atoms with Crippen molar-refractivity contribution in [3.63, 3.8) is 0 Å². The van der Waals surface area contributed by atoms with Crippen molar-refractivity contribution >= 4 is 11.7 Å². The molecule has 0 aromatic carbocycles. The normalized spacial score (nSPS) is 25.4. The minimum atomic E-state index is 0.103. The zero-order valence-electron chi connectivity index (χ0n) is 11.8. The van der Waals surface area contributed by atoms with Crippen LogP contribution in [0.15, 0.2) is 18.3 Å². The number of ether oxygens (including phenoxy) is 1. The van der Waals surface area contributed by atoms with Crippen molar-refractivity contribution in [3.8, 4) is 0 Å². The predicted molar refractivity (Wildman–Crippen MR) is 76.8 cm³/mol. The van der Waals surface area contributed by atoms with Crippen molar-refractivity contribution in [2.45, 2.75) is 38.3 Å². The molecule has 0 spiro atoms. The molecule has 1 aliphatic heterocycles. The first-order chi connectivity index (χ1) is 9.79. The zero-order chi connectivity index (χ0) is 13.9. The number of carbonyl (C=O) groups excluding carboxylic acids is 1. The van der Waals surface area contributed by atoms with E-state index >= 15 is 0 Å². The Morgan fingerprint density at radius 3 is 3.30 bits per heavy atom. The van der Waals surface area contributed by atoms with Gasteiger partial charge in [-0.25, -0.2) is 4.98 Å². The van der Waals surface area contributed by atoms with E-state index in [1.165, 1.54) is 0 Å². The Morgan fingerprint density at radius 1 is 1.55 bits per heavy atom. The molecule has 3 rings (SSSR count). The van der Waals surface area contributed by atoms with Gasteiger partial charge in [-0.2, -0.15) is 0 Å². The van der Waals surface area contributed by atoms with Crippen LogP contribution < -0.4 is 5.32 Å². The second-order valence-corrected chi connectivity index (χ2v) is 5.37. The second-order valence-electron chi connectivity index (χ2n) is 5.37. The van der Waals surface area contributed by atoms with Gasteiger partial charge >= 0.3 is 0 Å². The van der Waals surface area contributed by atoms with E-state index in [1.807, 2.05) is 17.9 Å². The highest BCUT2D eigenvalue weighted by Gasteiger charge is 2.38. The summed E-state index contributed by atoms with van der Waals surface area (Å²) in [7, 11) is 0. The van der Waals surface area contributed by atoms with Gasteiger partial charge in [0, 0.05) is 24.8 Å². The maximum absolute atomic E-state index is 12.7. The number of fused-ring (bicyclic) bond motifs is 1. The highest BCUT2D eigenvalue weighted by Crippen LogP contribution is 2.30. The molecule has 0 bridgehead atoms. The molecule has 5 heteroatoms. The average Bonchev–Trinajstić information content (AvgIpc) is 2.95. The number of rotatable bonds is 3. The van der Waals surface area contributed by atoms with E-state index in [0.717, 1.165) is 31.6 Å². The predicted octanol–water partition coefficient (Wildman–Crippen LogP) is 1.91. The molecule has 2 fully saturated rings. The van der Waals surface area contributed by atoms with E-state index in [2.05, 4.69) is 10.3 Å². The summed E-state index contributed by atoms with van der Waals surface area (Å²) in [5, 5.41) is 3.15. The van der Waals surface area contributed by atoms with Gasteiger partial charge in [-0.15, -0.1) is 0 Å². The van der Waals surface area contributed by atoms with E-state index in [1.54, 1.807) is 12.3 Å². The number of carbonyl (C=O) groups is 1. The van der Waals surface area contributed by atoms with Crippen LogP contribution in [0.3, 0.4) is 0 Å². The molecule has 1 aliphatic carbocycles. The van der Waals surface area contributed by atoms with Gasteiger partial charge in [-0.1, -0.05) is 0 Å². The topological polar surface area (TPSA) is 54.5 Å². The molecule has 1 amide bonds. The van der Waals surface area contributed by atoms with Crippen LogP contribution in [0.25, 0.3) is 0 Å². The van der Waals surface area contributed by atoms with E-state index in [4.69, 9.17) is 4.74 Å². The van der Waals surface area contributed by atoms with E-state index in [-0.39, 0.29) is 18.1 Å². The molecule has 0 radical (unpaired) electrons. The molecular weight excluding hydrogens is 254 g/mol. The Hall–Kier alpha value is -1.62. The summed E-state index contributed by atoms with van der Waals surface area (Å²) in [6, 6.07) is 3.89. The minimum absolute atomic E-state index is 0.103. The molecule has 1 aromatic rings. The third-order valence-electron chi connectivity index (χ3n) is 4.11. The largest absolute Gasteiger partial charge is 0.374 e. The zero-order valence-corrected chi connectivity index (χ0v) is 11.8. The Bertz CT molecular complexity index is 492. The SMILES string of the molecule is CCNc1cc(C(=O)N2CCOC3CCCC32)ccn1. The van der Waals surface area contributed by atoms with Crippen molar-refractivity contribution < 1.29 is 9.53 Å². The molecule has 1 aromatic heterocycles. The van der Waals surface area contributed by atoms with Crippen molar-refractivity contribution in [1.29, 1.82) is 0 Å². The Kier molecular flexibility index (Phi) is 3.87. The quantitative estimate of drug-likeness (QED) is 0.915. The maximum atomic E-state index is 12.7. The van der Waals surface area contributed by atoms with Crippen LogP contribution in [-0.4, -0.2) is 47.6 Å². The highest BCUT2D eigenvalue weighted by molar-refractivity contribution is 5.95. The standard InChI is InChI=1S/C15H21N3O2/c1-2-16-14-10-11(6-7-17-14)15(19)18-8-9-20-13-5-3-4-12(13)18/h6-7,10,12-13H,2-5,8-9H2,1H3,(H,16,17). The summed E-state index contributed by atoms with van der Waals surface area (Å²) in [5.41, 5.74) is 0.712. The van der Waals surface area contributed by atoms with Gasteiger partial charge in [0.1, 0.15) is 5.82 Å². The fourth-order valence-electron chi connectivity index (χ4n) is 3.18. The number of anilines is 1. The van der Waals surface area contributed by atoms with E-state index < -0.39 is 0 Å². The molecule has 1 saturated heterocycles. The van der Waals surface area contributed by atoms with Crippen molar-refractivity contribution in [1.82, 2.24) is 9.88 Å². The van der Waals surface area contributed by atoms with Crippen LogP contribution in [-0.2, 0) is 4.74 Å². The first-order valence-electron chi connectivity index (χ1n) is 7.42. The third kappa shape index (κ3) is 2.50. The molecule has 2 atom stereocenters. The number of hydrogen-bond donors (Lipinski definition) is 1. The Balaban J connectivity index is 1.79. The Morgan fingerprint density at radius 2 is 2.45 bits per heavy atom. The number of morpholine rings is 1. The molecule has 2 unspecified atom stereocenters. The first-order valence-corrected chi connectivity index (χ1v) is 7.42. The van der Waals surface area contributed by atoms with Crippen LogP contribution >= 0.6 is 0 Å².